The van der Waals surface area contributed by atoms with E-state index >= 15 is 47.5 Å². The number of phenolic OH excluding ortho intramolecular Hbond substituents is 1. The van der Waals surface area contributed by atoms with Crippen molar-refractivity contribution in [2.24, 2.45) is 23.3 Å². The Hall–Kier alpha value is -13.0. The van der Waals surface area contributed by atoms with E-state index in [9.17, 15) is 58.4 Å². The lowest BCUT2D eigenvalue weighted by molar-refractivity contribution is -0.152. The number of likely N-dealkylation sites (N-methyl/N-ethyl adjacent to an activating group) is 3. The van der Waals surface area contributed by atoms with Gasteiger partial charge in [0.25, 0.3) is 0 Å². The number of nitrogens with two attached hydrogens (primary N) is 2. The first-order valence-corrected chi connectivity index (χ1v) is 45.0. The van der Waals surface area contributed by atoms with Crippen LogP contribution < -0.4 is 59.3 Å². The first-order chi connectivity index (χ1) is 62.7. The molecule has 4 heterocycles. The molecule has 9 rings (SSSR count). The fourth-order valence-electron chi connectivity index (χ4n) is 16.3. The first-order valence-electron chi connectivity index (χ1n) is 43.8. The summed E-state index contributed by atoms with van der Waals surface area (Å²) in [5.74, 6) is -21.8. The largest absolute Gasteiger partial charge is 0.508 e. The third-order valence-corrected chi connectivity index (χ3v) is 24.5. The van der Waals surface area contributed by atoms with Crippen LogP contribution in [0.1, 0.15) is 114 Å². The highest BCUT2D eigenvalue weighted by Crippen LogP contribution is 2.29. The van der Waals surface area contributed by atoms with E-state index in [1.165, 1.54) is 59.3 Å². The Morgan fingerprint density at radius 1 is 0.523 bits per heavy atom. The number of aliphatic hydroxyl groups excluding tert-OH is 2. The lowest BCUT2D eigenvalue weighted by Gasteiger charge is -2.38. The number of hydrogen-bond donors (Lipinski definition) is 16. The Labute approximate surface area is 766 Å². The third-order valence-electron chi connectivity index (χ3n) is 23.5. The smallest absolute Gasteiger partial charge is 0.305 e. The standard InChI is InChI=1S/C92H119F2N17O20S/c1-9-10-25-71-91(130)111-47-59(114)42-74(111)87(126)104-68(43-78(117)118)84(123)106-79(51(4)5)92(131)108(7)72(38-52-19-13-11-14-20-52)85(124)100-64(32-33-95)89(128)110-46-58(113)41-73(110)86(125)103-67(40-56-44-97-63-24-18-17-23-60(56)63)83(122)102-66(36-54-26-29-57(112)30-27-54)82(121)101-65(34-50(2)3)81(120)105-70(80(119)98-45-76(96)115)48-132-49-77(116)99-69(37-55-28-31-61(93)62(94)35-55)88(127)109(8)75(90(129)107(71)6)39-53-21-15-12-16-22-53/h11-24,26-31,35,44,50-51,58-59,64-75,79,97,112-114H,9-10,25,32-34,36-43,45-49,95H2,1-8H3,(H2,96,115)(H,98,119)(H,99,116)(H,100,124)(H,101,121)(H,102,122)(H,103,125)(H,104,126)(H,105,120)(H,106,123)(H,117,118)/t58-,59-,64+,65-,66+,67+,68+,69-,70+,71+,72+,73-,74-,75+,79+/m1/s1. The van der Waals surface area contributed by atoms with Crippen molar-refractivity contribution in [1.82, 2.24) is 77.3 Å². The number of halogens is 2. The van der Waals surface area contributed by atoms with Crippen LogP contribution in [0.25, 0.3) is 10.9 Å². The molecule has 5 aromatic carbocycles. The van der Waals surface area contributed by atoms with Gasteiger partial charge >= 0.3 is 5.97 Å². The maximum absolute atomic E-state index is 15.7. The number of primary amides is 1. The molecule has 712 valence electrons. The molecule has 3 fully saturated rings. The quantitative estimate of drug-likeness (QED) is 0.0402. The molecule has 0 bridgehead atoms. The number of phenols is 1. The molecule has 37 nitrogen and oxygen atoms in total. The number of nitrogens with one attached hydrogen (secondary N) is 10. The van der Waals surface area contributed by atoms with Gasteiger partial charge in [0, 0.05) is 102 Å². The van der Waals surface area contributed by atoms with Crippen molar-refractivity contribution in [3.63, 3.8) is 0 Å². The number of carboxylic acids is 1. The molecule has 0 radical (unpaired) electrons. The van der Waals surface area contributed by atoms with Gasteiger partial charge in [-0.2, -0.15) is 0 Å². The molecule has 18 N–H and O–H groups in total. The van der Waals surface area contributed by atoms with E-state index < -0.39 is 266 Å². The second-order valence-corrected chi connectivity index (χ2v) is 35.3. The summed E-state index contributed by atoms with van der Waals surface area (Å²) < 4.78 is 29.8. The van der Waals surface area contributed by atoms with E-state index in [1.54, 1.807) is 112 Å². The van der Waals surface area contributed by atoms with Crippen LogP contribution in [0.15, 0.2) is 134 Å². The van der Waals surface area contributed by atoms with Gasteiger partial charge in [0.1, 0.15) is 84.3 Å². The van der Waals surface area contributed by atoms with Crippen molar-refractivity contribution in [3.8, 4) is 5.75 Å². The number of aromatic nitrogens is 1. The number of para-hydroxylation sites is 1. The van der Waals surface area contributed by atoms with E-state index in [0.29, 0.717) is 51.3 Å². The number of hydrogen-bond acceptors (Lipinski definition) is 21. The zero-order valence-electron chi connectivity index (χ0n) is 74.8. The van der Waals surface area contributed by atoms with Crippen molar-refractivity contribution in [2.75, 3.05) is 58.8 Å². The van der Waals surface area contributed by atoms with Crippen LogP contribution in [-0.2, 0) is 109 Å². The molecule has 3 aliphatic rings. The fraction of sp³-hybridized carbons (Fsp3) is 0.478. The minimum absolute atomic E-state index is 0.0256. The number of H-pyrrole nitrogens is 1. The monoisotopic (exact) mass is 1850 g/mol. The number of amides is 15. The Kier molecular flexibility index (Phi) is 37.6. The molecule has 6 aromatic rings. The summed E-state index contributed by atoms with van der Waals surface area (Å²) >= 11 is 0.711. The zero-order chi connectivity index (χ0) is 96.5. The predicted molar refractivity (Wildman–Crippen MR) is 481 cm³/mol. The van der Waals surface area contributed by atoms with Crippen LogP contribution in [0, 0.1) is 23.5 Å². The molecule has 3 aliphatic heterocycles. The zero-order valence-corrected chi connectivity index (χ0v) is 75.6. The van der Waals surface area contributed by atoms with Crippen LogP contribution in [-0.4, -0.2) is 294 Å². The average molecular weight is 1850 g/mol. The van der Waals surface area contributed by atoms with Crippen LogP contribution in [0.4, 0.5) is 8.78 Å². The summed E-state index contributed by atoms with van der Waals surface area (Å²) in [6.07, 6.45) is -4.87. The summed E-state index contributed by atoms with van der Waals surface area (Å²) in [4.78, 5) is 245. The lowest BCUT2D eigenvalue weighted by Crippen LogP contribution is -2.62. The number of aliphatic carboxylic acids is 1. The molecule has 3 saturated heterocycles. The number of rotatable bonds is 23. The number of aromatic amines is 1. The molecule has 0 aliphatic carbocycles. The van der Waals surface area contributed by atoms with Gasteiger partial charge in [-0.3, -0.25) is 76.7 Å². The van der Waals surface area contributed by atoms with Crippen molar-refractivity contribution >= 4 is 117 Å². The van der Waals surface area contributed by atoms with Crippen molar-refractivity contribution in [1.29, 1.82) is 0 Å². The normalized spacial score (nSPS) is 24.8. The highest BCUT2D eigenvalue weighted by atomic mass is 32.2. The van der Waals surface area contributed by atoms with Crippen LogP contribution in [0.3, 0.4) is 0 Å². The summed E-state index contributed by atoms with van der Waals surface area (Å²) in [5, 5.41) is 67.7. The Balaban J connectivity index is 1.13. The highest BCUT2D eigenvalue weighted by Gasteiger charge is 2.48. The number of benzene rings is 5. The minimum atomic E-state index is -2.02. The number of unbranched alkanes of at least 4 members (excludes halogenated alkanes) is 1. The van der Waals surface area contributed by atoms with Gasteiger partial charge in [-0.25, -0.2) is 8.78 Å². The Bertz CT molecular complexity index is 5120. The Morgan fingerprint density at radius 3 is 1.62 bits per heavy atom. The number of fused-ring (bicyclic) bond motifs is 3. The van der Waals surface area contributed by atoms with Crippen molar-refractivity contribution in [2.45, 2.75) is 209 Å². The molecular formula is C92H119F2N17O20S. The van der Waals surface area contributed by atoms with E-state index in [-0.39, 0.29) is 69.2 Å². The SMILES string of the molecule is CCCC[C@H]1C(=O)N2C[C@H](O)C[C@@H]2C(=O)N[C@@H](CC(=O)O)C(=O)N[C@@H](C(C)C)C(=O)N(C)[C@@H](Cc2ccccc2)C(=O)N[C@@H](CCN)C(=O)N2C[C@H](O)C[C@@H]2C(=O)N[C@@H](Cc2c[nH]c3ccccc23)C(=O)N[C@@H](Cc2ccc(O)cc2)C(=O)N[C@H](CC(C)C)C(=O)N[C@H](C(=O)NCC(N)=O)CSCC(=O)N[C@H](Cc2ccc(F)c(F)c2)C(=O)N(C)[C@@H](Cc2ccccc2)C(=O)N1C. The molecular weight excluding hydrogens is 1730 g/mol. The van der Waals surface area contributed by atoms with Crippen molar-refractivity contribution in [3.05, 3.63) is 173 Å². The number of carbonyl (C=O) groups excluding carboxylic acids is 15. The van der Waals surface area contributed by atoms with Gasteiger partial charge < -0.3 is 109 Å². The number of nitrogens with zero attached hydrogens (tertiary/aromatic N) is 5. The number of carbonyl (C=O) groups is 16. The van der Waals surface area contributed by atoms with Gasteiger partial charge in [-0.15, -0.1) is 11.8 Å². The summed E-state index contributed by atoms with van der Waals surface area (Å²) in [7, 11) is 3.75. The predicted octanol–water partition coefficient (Wildman–Crippen LogP) is 0.0121. The van der Waals surface area contributed by atoms with Gasteiger partial charge in [0.2, 0.25) is 88.6 Å². The molecule has 0 spiro atoms. The number of aromatic hydroxyl groups is 1. The molecule has 0 saturated carbocycles. The fourth-order valence-corrected chi connectivity index (χ4v) is 17.2. The lowest BCUT2D eigenvalue weighted by atomic mass is 9.98. The maximum Gasteiger partial charge on any atom is 0.305 e. The molecule has 1 aromatic heterocycles. The van der Waals surface area contributed by atoms with Crippen LogP contribution in [0.5, 0.6) is 5.75 Å². The number of aliphatic hydroxyl groups is 2. The second-order valence-electron chi connectivity index (χ2n) is 34.3. The molecule has 15 amide bonds. The molecule has 132 heavy (non-hydrogen) atoms. The first kappa shape index (κ1) is 103. The summed E-state index contributed by atoms with van der Waals surface area (Å²) in [6, 6.07) is 10.4. The second kappa shape index (κ2) is 48.3. The van der Waals surface area contributed by atoms with Crippen LogP contribution >= 0.6 is 11.8 Å². The molecule has 15 atom stereocenters. The van der Waals surface area contributed by atoms with E-state index in [1.807, 2.05) is 0 Å². The van der Waals surface area contributed by atoms with E-state index in [2.05, 4.69) is 52.8 Å². The average Bonchev–Trinajstić information content (AvgIpc) is 1.72. The molecule has 40 heteroatoms. The summed E-state index contributed by atoms with van der Waals surface area (Å²) in [5.41, 5.74) is 14.0. The van der Waals surface area contributed by atoms with Gasteiger partial charge in [0.05, 0.1) is 30.9 Å². The van der Waals surface area contributed by atoms with Crippen LogP contribution in [0.2, 0.25) is 0 Å². The maximum atomic E-state index is 15.7. The summed E-state index contributed by atoms with van der Waals surface area (Å²) in [6.45, 7) is 6.19. The Morgan fingerprint density at radius 2 is 1.04 bits per heavy atom. The third kappa shape index (κ3) is 28.3. The van der Waals surface area contributed by atoms with E-state index in [0.717, 1.165) is 42.7 Å². The van der Waals surface area contributed by atoms with Gasteiger partial charge in [0.15, 0.2) is 11.6 Å². The van der Waals surface area contributed by atoms with E-state index in [4.69, 9.17) is 11.5 Å². The van der Waals surface area contributed by atoms with Gasteiger partial charge in [-0.05, 0) is 95.8 Å². The van der Waals surface area contributed by atoms with Gasteiger partial charge in [-0.1, -0.05) is 145 Å². The van der Waals surface area contributed by atoms with Crippen molar-refractivity contribution < 1.29 is 106 Å². The molecule has 0 unspecified atom stereocenters. The topological polar surface area (TPSA) is 546 Å². The highest BCUT2D eigenvalue weighted by molar-refractivity contribution is 8.00. The minimum Gasteiger partial charge on any atom is -0.508 e. The number of thioether (sulfide) groups is 1. The number of carboxylic acid groups (broad SMARTS) is 1.